The summed E-state index contributed by atoms with van der Waals surface area (Å²) in [6.07, 6.45) is 0. The summed E-state index contributed by atoms with van der Waals surface area (Å²) in [4.78, 5) is 35.2. The van der Waals surface area contributed by atoms with Crippen LogP contribution < -0.4 is 15.4 Å². The number of hydrogen-bond acceptors (Lipinski definition) is 8. The molecule has 35 heavy (non-hydrogen) atoms. The van der Waals surface area contributed by atoms with Crippen LogP contribution in [0, 0.1) is 24.0 Å². The van der Waals surface area contributed by atoms with Crippen LogP contribution in [0.5, 0.6) is 5.75 Å². The van der Waals surface area contributed by atoms with Crippen molar-refractivity contribution in [3.63, 3.8) is 0 Å². The number of para-hydroxylation sites is 3. The number of ether oxygens (including phenoxy) is 1. The van der Waals surface area contributed by atoms with Crippen LogP contribution in [0.2, 0.25) is 0 Å². The average molecular weight is 499 g/mol. The summed E-state index contributed by atoms with van der Waals surface area (Å²) in [6, 6.07) is 11.7. The van der Waals surface area contributed by atoms with Gasteiger partial charge in [0.25, 0.3) is 11.6 Å². The molecule has 0 bridgehead atoms. The zero-order chi connectivity index (χ0) is 25.4. The van der Waals surface area contributed by atoms with E-state index in [0.29, 0.717) is 23.3 Å². The van der Waals surface area contributed by atoms with E-state index in [1.54, 1.807) is 10.6 Å². The smallest absolute Gasteiger partial charge is 0.292 e. The number of aromatic nitrogens is 3. The van der Waals surface area contributed by atoms with Crippen LogP contribution in [0.1, 0.15) is 23.9 Å². The van der Waals surface area contributed by atoms with E-state index in [9.17, 15) is 19.7 Å². The van der Waals surface area contributed by atoms with Crippen molar-refractivity contribution in [1.82, 2.24) is 20.1 Å². The quantitative estimate of drug-likeness (QED) is 0.233. The maximum absolute atomic E-state index is 12.3. The molecular weight excluding hydrogens is 472 g/mol. The number of anilines is 1. The molecule has 0 saturated carbocycles. The summed E-state index contributed by atoms with van der Waals surface area (Å²) < 4.78 is 7.46. The van der Waals surface area contributed by atoms with Gasteiger partial charge >= 0.3 is 0 Å². The van der Waals surface area contributed by atoms with Gasteiger partial charge in [0.15, 0.2) is 17.6 Å². The molecule has 1 heterocycles. The predicted molar refractivity (Wildman–Crippen MR) is 131 cm³/mol. The van der Waals surface area contributed by atoms with Gasteiger partial charge in [0.2, 0.25) is 5.91 Å². The average Bonchev–Trinajstić information content (AvgIpc) is 3.23. The van der Waals surface area contributed by atoms with Crippen molar-refractivity contribution in [3.05, 3.63) is 69.5 Å². The van der Waals surface area contributed by atoms with Crippen LogP contribution in [0.25, 0.3) is 0 Å². The number of carbonyl (C=O) groups is 2. The number of nitro benzene ring substituents is 1. The SMILES string of the molecule is CCn1c(CNC(=O)COc2c(C)cccc2C)nnc1SCC(=O)Nc1ccccc1[N+](=O)[O-]. The number of carbonyl (C=O) groups excluding carboxylic acids is 2. The highest BCUT2D eigenvalue weighted by Gasteiger charge is 2.17. The first-order chi connectivity index (χ1) is 16.8. The van der Waals surface area contributed by atoms with Crippen molar-refractivity contribution < 1.29 is 19.2 Å². The molecule has 1 aromatic heterocycles. The molecule has 0 aliphatic heterocycles. The Hall–Kier alpha value is -3.93. The molecule has 2 aromatic carbocycles. The molecule has 0 saturated heterocycles. The molecule has 3 rings (SSSR count). The van der Waals surface area contributed by atoms with Crippen molar-refractivity contribution in [2.45, 2.75) is 39.0 Å². The number of thioether (sulfide) groups is 1. The van der Waals surface area contributed by atoms with Gasteiger partial charge in [0.05, 0.1) is 17.2 Å². The summed E-state index contributed by atoms with van der Waals surface area (Å²) in [6.45, 7) is 6.30. The van der Waals surface area contributed by atoms with Crippen LogP contribution in [0.15, 0.2) is 47.6 Å². The highest BCUT2D eigenvalue weighted by molar-refractivity contribution is 7.99. The van der Waals surface area contributed by atoms with Crippen LogP contribution >= 0.6 is 11.8 Å². The highest BCUT2D eigenvalue weighted by Crippen LogP contribution is 2.24. The molecule has 0 spiro atoms. The van der Waals surface area contributed by atoms with Crippen molar-refractivity contribution in [3.8, 4) is 5.75 Å². The Morgan fingerprint density at radius 3 is 2.49 bits per heavy atom. The maximum atomic E-state index is 12.3. The van der Waals surface area contributed by atoms with Gasteiger partial charge in [-0.1, -0.05) is 42.1 Å². The lowest BCUT2D eigenvalue weighted by atomic mass is 10.1. The minimum atomic E-state index is -0.551. The predicted octanol–water partition coefficient (Wildman–Crippen LogP) is 3.25. The number of amides is 2. The monoisotopic (exact) mass is 498 g/mol. The maximum Gasteiger partial charge on any atom is 0.292 e. The summed E-state index contributed by atoms with van der Waals surface area (Å²) in [7, 11) is 0. The minimum absolute atomic E-state index is 0.0137. The third kappa shape index (κ3) is 6.79. The topological polar surface area (TPSA) is 141 Å². The van der Waals surface area contributed by atoms with E-state index in [0.717, 1.165) is 22.9 Å². The van der Waals surface area contributed by atoms with E-state index in [2.05, 4.69) is 20.8 Å². The van der Waals surface area contributed by atoms with Gasteiger partial charge in [-0.15, -0.1) is 10.2 Å². The van der Waals surface area contributed by atoms with Gasteiger partial charge in [-0.05, 0) is 38.0 Å². The lowest BCUT2D eigenvalue weighted by molar-refractivity contribution is -0.383. The van der Waals surface area contributed by atoms with Crippen molar-refractivity contribution in [2.24, 2.45) is 0 Å². The lowest BCUT2D eigenvalue weighted by Gasteiger charge is -2.12. The zero-order valence-corrected chi connectivity index (χ0v) is 20.4. The van der Waals surface area contributed by atoms with Crippen molar-refractivity contribution in [1.29, 1.82) is 0 Å². The van der Waals surface area contributed by atoms with Crippen LogP contribution in [0.4, 0.5) is 11.4 Å². The number of nitrogens with zero attached hydrogens (tertiary/aromatic N) is 4. The Bertz CT molecular complexity index is 1210. The number of rotatable bonds is 11. The van der Waals surface area contributed by atoms with Crippen molar-refractivity contribution in [2.75, 3.05) is 17.7 Å². The van der Waals surface area contributed by atoms with E-state index < -0.39 is 10.8 Å². The number of hydrogen-bond donors (Lipinski definition) is 2. The minimum Gasteiger partial charge on any atom is -0.483 e. The van der Waals surface area contributed by atoms with E-state index in [1.807, 2.05) is 39.0 Å². The second kappa shape index (κ2) is 12.0. The second-order valence-corrected chi connectivity index (χ2v) is 8.48. The molecule has 184 valence electrons. The van der Waals surface area contributed by atoms with E-state index >= 15 is 0 Å². The molecular formula is C23H26N6O5S. The standard InChI is InChI=1S/C23H26N6O5S/c1-4-28-19(12-24-20(30)13-34-22-15(2)8-7-9-16(22)3)26-27-23(28)35-14-21(31)25-17-10-5-6-11-18(17)29(32)33/h5-11H,4,12-14H2,1-3H3,(H,24,30)(H,25,31). The van der Waals surface area contributed by atoms with Gasteiger partial charge < -0.3 is 19.9 Å². The van der Waals surface area contributed by atoms with Gasteiger partial charge in [-0.2, -0.15) is 0 Å². The summed E-state index contributed by atoms with van der Waals surface area (Å²) in [5.74, 6) is 0.511. The fraction of sp³-hybridized carbons (Fsp3) is 0.304. The second-order valence-electron chi connectivity index (χ2n) is 7.54. The van der Waals surface area contributed by atoms with E-state index in [4.69, 9.17) is 4.74 Å². The summed E-state index contributed by atoms with van der Waals surface area (Å²) in [5, 5.41) is 25.2. The normalized spacial score (nSPS) is 10.6. The fourth-order valence-corrected chi connectivity index (χ4v) is 4.14. The highest BCUT2D eigenvalue weighted by atomic mass is 32.2. The first-order valence-corrected chi connectivity index (χ1v) is 11.8. The molecule has 0 aliphatic rings. The van der Waals surface area contributed by atoms with Gasteiger partial charge in [0, 0.05) is 12.6 Å². The molecule has 2 amide bonds. The van der Waals surface area contributed by atoms with Gasteiger partial charge in [-0.25, -0.2) is 0 Å². The first-order valence-electron chi connectivity index (χ1n) is 10.8. The van der Waals surface area contributed by atoms with Gasteiger partial charge in [0.1, 0.15) is 11.4 Å². The summed E-state index contributed by atoms with van der Waals surface area (Å²) >= 11 is 1.15. The molecule has 0 radical (unpaired) electrons. The Labute approximate surface area is 206 Å². The lowest BCUT2D eigenvalue weighted by Crippen LogP contribution is -2.29. The third-order valence-electron chi connectivity index (χ3n) is 5.02. The Kier molecular flexibility index (Phi) is 8.79. The molecule has 11 nitrogen and oxygen atoms in total. The largest absolute Gasteiger partial charge is 0.483 e. The van der Waals surface area contributed by atoms with Crippen molar-refractivity contribution >= 4 is 35.0 Å². The molecule has 0 unspecified atom stereocenters. The van der Waals surface area contributed by atoms with Gasteiger partial charge in [-0.3, -0.25) is 19.7 Å². The number of nitro groups is 1. The van der Waals surface area contributed by atoms with Crippen LogP contribution in [-0.2, 0) is 22.7 Å². The van der Waals surface area contributed by atoms with E-state index in [1.165, 1.54) is 18.2 Å². The molecule has 2 N–H and O–H groups in total. The Morgan fingerprint density at radius 1 is 1.09 bits per heavy atom. The molecule has 0 atom stereocenters. The number of benzene rings is 2. The molecule has 0 fully saturated rings. The molecule has 3 aromatic rings. The molecule has 0 aliphatic carbocycles. The van der Waals surface area contributed by atoms with E-state index in [-0.39, 0.29) is 36.2 Å². The third-order valence-corrected chi connectivity index (χ3v) is 5.98. The Balaban J connectivity index is 1.53. The fourth-order valence-electron chi connectivity index (χ4n) is 3.32. The number of nitrogens with one attached hydrogen (secondary N) is 2. The number of aryl methyl sites for hydroxylation is 2. The zero-order valence-electron chi connectivity index (χ0n) is 19.6. The summed E-state index contributed by atoms with van der Waals surface area (Å²) in [5.41, 5.74) is 1.86. The molecule has 12 heteroatoms. The Morgan fingerprint density at radius 2 is 1.80 bits per heavy atom. The van der Waals surface area contributed by atoms with Crippen LogP contribution in [-0.4, -0.2) is 43.9 Å². The van der Waals surface area contributed by atoms with Crippen LogP contribution in [0.3, 0.4) is 0 Å². The first kappa shape index (κ1) is 25.7.